The molecule has 0 fully saturated rings. The topological polar surface area (TPSA) is 81.1 Å². The molecule has 0 aliphatic carbocycles. The number of carbonyl (C=O) groups excluding carboxylic acids is 1. The third-order valence-corrected chi connectivity index (χ3v) is 2.63. The summed E-state index contributed by atoms with van der Waals surface area (Å²) >= 11 is 0. The minimum Gasteiger partial charge on any atom is -0.396 e. The highest BCUT2D eigenvalue weighted by Crippen LogP contribution is 2.28. The van der Waals surface area contributed by atoms with Gasteiger partial charge in [0.25, 0.3) is 5.91 Å². The normalized spacial score (nSPS) is 10.3. The summed E-state index contributed by atoms with van der Waals surface area (Å²) in [5.41, 5.74) is 10.5. The molecule has 2 rings (SSSR count). The number of carbonyl (C=O) groups is 1. The smallest absolute Gasteiger partial charge is 0.250 e. The van der Waals surface area contributed by atoms with Crippen molar-refractivity contribution in [3.63, 3.8) is 0 Å². The lowest BCUT2D eigenvalue weighted by atomic mass is 10.1. The first-order valence-corrected chi connectivity index (χ1v) is 5.50. The van der Waals surface area contributed by atoms with Gasteiger partial charge in [0.15, 0.2) is 11.6 Å². The molecule has 0 saturated heterocycles. The Morgan fingerprint density at radius 1 is 1.10 bits per heavy atom. The molecule has 2 aromatic carbocycles. The molecule has 0 atom stereocenters. The second kappa shape index (κ2) is 5.12. The van der Waals surface area contributed by atoms with Gasteiger partial charge >= 0.3 is 0 Å². The Morgan fingerprint density at radius 2 is 1.80 bits per heavy atom. The molecule has 0 aliphatic heterocycles. The summed E-state index contributed by atoms with van der Waals surface area (Å²) < 4.78 is 39.7. The van der Waals surface area contributed by atoms with Crippen LogP contribution in [0.1, 0.15) is 10.4 Å². The van der Waals surface area contributed by atoms with Crippen molar-refractivity contribution in [2.45, 2.75) is 0 Å². The van der Waals surface area contributed by atoms with Crippen LogP contribution in [0.5, 0.6) is 0 Å². The average molecular weight is 281 g/mol. The van der Waals surface area contributed by atoms with Gasteiger partial charge < -0.3 is 16.8 Å². The highest BCUT2D eigenvalue weighted by Gasteiger charge is 2.14. The Hall–Kier alpha value is -2.70. The zero-order chi connectivity index (χ0) is 14.9. The lowest BCUT2D eigenvalue weighted by molar-refractivity contribution is 0.100. The van der Waals surface area contributed by atoms with Gasteiger partial charge in [-0.25, -0.2) is 13.2 Å². The quantitative estimate of drug-likeness (QED) is 0.597. The van der Waals surface area contributed by atoms with Crippen molar-refractivity contribution in [2.24, 2.45) is 5.73 Å². The predicted molar refractivity (Wildman–Crippen MR) is 69.0 cm³/mol. The number of amides is 1. The van der Waals surface area contributed by atoms with Crippen LogP contribution in [0, 0.1) is 17.5 Å². The second-order valence-electron chi connectivity index (χ2n) is 4.01. The third kappa shape index (κ3) is 2.51. The number of halogens is 3. The van der Waals surface area contributed by atoms with E-state index in [1.807, 2.05) is 0 Å². The fourth-order valence-electron chi connectivity index (χ4n) is 1.68. The van der Waals surface area contributed by atoms with Gasteiger partial charge in [0.05, 0.1) is 22.6 Å². The molecule has 0 aliphatic rings. The maximum atomic E-state index is 13.5. The Labute approximate surface area is 112 Å². The summed E-state index contributed by atoms with van der Waals surface area (Å²) in [6, 6.07) is 5.44. The molecule has 0 radical (unpaired) electrons. The second-order valence-corrected chi connectivity index (χ2v) is 4.01. The van der Waals surface area contributed by atoms with E-state index in [2.05, 4.69) is 5.32 Å². The number of hydrogen-bond acceptors (Lipinski definition) is 3. The summed E-state index contributed by atoms with van der Waals surface area (Å²) in [4.78, 5) is 11.1. The van der Waals surface area contributed by atoms with E-state index in [0.717, 1.165) is 6.07 Å². The maximum absolute atomic E-state index is 13.5. The van der Waals surface area contributed by atoms with Crippen molar-refractivity contribution >= 4 is 23.0 Å². The number of para-hydroxylation sites is 1. The van der Waals surface area contributed by atoms with Crippen LogP contribution in [0.3, 0.4) is 0 Å². The first kappa shape index (κ1) is 13.7. The first-order chi connectivity index (χ1) is 9.40. The standard InChI is InChI=1S/C13H10F3N3O/c14-6-4-8(15)11(16)10(5-6)19-9-3-1-2-7(12(9)17)13(18)20/h1-5,19H,17H2,(H2,18,20). The summed E-state index contributed by atoms with van der Waals surface area (Å²) in [7, 11) is 0. The molecule has 0 unspecified atom stereocenters. The Bertz CT molecular complexity index is 689. The highest BCUT2D eigenvalue weighted by atomic mass is 19.2. The lowest BCUT2D eigenvalue weighted by Gasteiger charge is -2.12. The van der Waals surface area contributed by atoms with Gasteiger partial charge in [-0.1, -0.05) is 6.07 Å². The fraction of sp³-hybridized carbons (Fsp3) is 0. The molecule has 1 amide bonds. The number of nitrogens with two attached hydrogens (primary N) is 2. The molecule has 4 nitrogen and oxygen atoms in total. The predicted octanol–water partition coefficient (Wildman–Crippen LogP) is 2.53. The van der Waals surface area contributed by atoms with Crippen molar-refractivity contribution in [3.8, 4) is 0 Å². The fourth-order valence-corrected chi connectivity index (χ4v) is 1.68. The van der Waals surface area contributed by atoms with Crippen LogP contribution in [0.25, 0.3) is 0 Å². The van der Waals surface area contributed by atoms with Crippen LogP contribution in [0.4, 0.5) is 30.2 Å². The van der Waals surface area contributed by atoms with E-state index in [4.69, 9.17) is 11.5 Å². The van der Waals surface area contributed by atoms with Gasteiger partial charge in [-0.05, 0) is 12.1 Å². The molecule has 20 heavy (non-hydrogen) atoms. The SMILES string of the molecule is NC(=O)c1cccc(Nc2cc(F)cc(F)c2F)c1N. The Morgan fingerprint density at radius 3 is 2.45 bits per heavy atom. The zero-order valence-corrected chi connectivity index (χ0v) is 10.1. The number of rotatable bonds is 3. The van der Waals surface area contributed by atoms with E-state index in [1.54, 1.807) is 0 Å². The van der Waals surface area contributed by atoms with Crippen LogP contribution >= 0.6 is 0 Å². The lowest BCUT2D eigenvalue weighted by Crippen LogP contribution is -2.14. The number of anilines is 3. The van der Waals surface area contributed by atoms with Gasteiger partial charge in [-0.15, -0.1) is 0 Å². The molecule has 0 spiro atoms. The molecular weight excluding hydrogens is 271 g/mol. The van der Waals surface area contributed by atoms with Gasteiger partial charge in [-0.2, -0.15) is 0 Å². The monoisotopic (exact) mass is 281 g/mol. The molecule has 0 bridgehead atoms. The third-order valence-electron chi connectivity index (χ3n) is 2.63. The van der Waals surface area contributed by atoms with E-state index in [0.29, 0.717) is 6.07 Å². The molecule has 0 aromatic heterocycles. The van der Waals surface area contributed by atoms with E-state index in [9.17, 15) is 18.0 Å². The van der Waals surface area contributed by atoms with E-state index >= 15 is 0 Å². The van der Waals surface area contributed by atoms with Gasteiger partial charge in [-0.3, -0.25) is 4.79 Å². The van der Waals surface area contributed by atoms with Crippen molar-refractivity contribution in [1.29, 1.82) is 0 Å². The molecular formula is C13H10F3N3O. The maximum Gasteiger partial charge on any atom is 0.250 e. The summed E-state index contributed by atoms with van der Waals surface area (Å²) in [6.45, 7) is 0. The largest absolute Gasteiger partial charge is 0.396 e. The summed E-state index contributed by atoms with van der Waals surface area (Å²) in [6.07, 6.45) is 0. The van der Waals surface area contributed by atoms with Crippen LogP contribution in [-0.2, 0) is 0 Å². The van der Waals surface area contributed by atoms with Crippen LogP contribution in [0.15, 0.2) is 30.3 Å². The van der Waals surface area contributed by atoms with Crippen molar-refractivity contribution in [1.82, 2.24) is 0 Å². The molecule has 0 heterocycles. The summed E-state index contributed by atoms with van der Waals surface area (Å²) in [5, 5.41) is 2.43. The van der Waals surface area contributed by atoms with Gasteiger partial charge in [0, 0.05) is 12.1 Å². The molecule has 7 heteroatoms. The Kier molecular flexibility index (Phi) is 3.51. The molecule has 5 N–H and O–H groups in total. The molecule has 104 valence electrons. The first-order valence-electron chi connectivity index (χ1n) is 5.50. The Balaban J connectivity index is 2.46. The molecule has 2 aromatic rings. The van der Waals surface area contributed by atoms with Gasteiger partial charge in [0.2, 0.25) is 0 Å². The van der Waals surface area contributed by atoms with Crippen molar-refractivity contribution < 1.29 is 18.0 Å². The number of nitrogen functional groups attached to an aromatic ring is 1. The number of hydrogen-bond donors (Lipinski definition) is 3. The van der Waals surface area contributed by atoms with E-state index < -0.39 is 29.0 Å². The zero-order valence-electron chi connectivity index (χ0n) is 10.1. The number of benzene rings is 2. The molecule has 0 saturated carbocycles. The average Bonchev–Trinajstić information content (AvgIpc) is 2.37. The minimum absolute atomic E-state index is 0.0206. The van der Waals surface area contributed by atoms with Crippen LogP contribution < -0.4 is 16.8 Å². The summed E-state index contributed by atoms with van der Waals surface area (Å²) in [5.74, 6) is -4.31. The van der Waals surface area contributed by atoms with Crippen LogP contribution in [0.2, 0.25) is 0 Å². The van der Waals surface area contributed by atoms with Crippen LogP contribution in [-0.4, -0.2) is 5.91 Å². The van der Waals surface area contributed by atoms with E-state index in [-0.39, 0.29) is 16.9 Å². The van der Waals surface area contributed by atoms with Crippen molar-refractivity contribution in [2.75, 3.05) is 11.1 Å². The number of primary amides is 1. The van der Waals surface area contributed by atoms with E-state index in [1.165, 1.54) is 18.2 Å². The van der Waals surface area contributed by atoms with Crippen molar-refractivity contribution in [3.05, 3.63) is 53.3 Å². The number of nitrogens with one attached hydrogen (secondary N) is 1. The van der Waals surface area contributed by atoms with Gasteiger partial charge in [0.1, 0.15) is 5.82 Å². The minimum atomic E-state index is -1.34. The highest BCUT2D eigenvalue weighted by molar-refractivity contribution is 6.01.